The average Bonchev–Trinajstić information content (AvgIpc) is 3.68. The van der Waals surface area contributed by atoms with Gasteiger partial charge in [-0.3, -0.25) is 0 Å². The molecular weight excluding hydrogens is 505 g/mol. The van der Waals surface area contributed by atoms with E-state index in [4.69, 9.17) is 18.9 Å². The van der Waals surface area contributed by atoms with Crippen LogP contribution in [0.5, 0.6) is 23.4 Å². The fourth-order valence-corrected chi connectivity index (χ4v) is 3.85. The summed E-state index contributed by atoms with van der Waals surface area (Å²) in [7, 11) is 4.29. The second kappa shape index (κ2) is 10.1. The molecule has 0 N–H and O–H groups in total. The predicted octanol–water partition coefficient (Wildman–Crippen LogP) is 4.62. The van der Waals surface area contributed by atoms with Crippen LogP contribution in [0.3, 0.4) is 0 Å². The van der Waals surface area contributed by atoms with Crippen LogP contribution in [-0.2, 0) is 12.8 Å². The van der Waals surface area contributed by atoms with Gasteiger partial charge in [-0.15, -0.1) is 0 Å². The minimum Gasteiger partial charge on any atom is -0.490 e. The van der Waals surface area contributed by atoms with Crippen molar-refractivity contribution in [2.24, 2.45) is 0 Å². The molecule has 1 aromatic carbocycles. The summed E-state index contributed by atoms with van der Waals surface area (Å²) < 4.78 is 62.2. The van der Waals surface area contributed by atoms with E-state index in [0.29, 0.717) is 34.6 Å². The molecule has 0 radical (unpaired) electrons. The molecule has 1 saturated carbocycles. The number of aromatic nitrogens is 6. The highest BCUT2D eigenvalue weighted by Gasteiger charge is 2.35. The van der Waals surface area contributed by atoms with Crippen molar-refractivity contribution in [3.05, 3.63) is 59.8 Å². The number of benzene rings is 1. The number of ether oxygens (including phenoxy) is 4. The van der Waals surface area contributed by atoms with Crippen LogP contribution in [0.1, 0.15) is 35.7 Å². The van der Waals surface area contributed by atoms with E-state index in [0.717, 1.165) is 34.8 Å². The molecule has 198 valence electrons. The van der Waals surface area contributed by atoms with Crippen molar-refractivity contribution in [2.45, 2.75) is 31.5 Å². The summed E-state index contributed by atoms with van der Waals surface area (Å²) in [4.78, 5) is 17.6. The lowest BCUT2D eigenvalue weighted by molar-refractivity contribution is -0.141. The number of hydrogen-bond donors (Lipinski definition) is 0. The Hall–Kier alpha value is -4.42. The van der Waals surface area contributed by atoms with Crippen LogP contribution in [0, 0.1) is 0 Å². The molecule has 4 aromatic rings. The van der Waals surface area contributed by atoms with E-state index >= 15 is 0 Å². The number of alkyl halides is 3. The Labute approximate surface area is 215 Å². The number of methoxy groups -OCH3 is 3. The van der Waals surface area contributed by atoms with Gasteiger partial charge in [-0.1, -0.05) is 12.1 Å². The maximum atomic E-state index is 13.1. The van der Waals surface area contributed by atoms with E-state index in [2.05, 4.69) is 25.0 Å². The number of halogens is 3. The lowest BCUT2D eigenvalue weighted by Gasteiger charge is -2.14. The van der Waals surface area contributed by atoms with Gasteiger partial charge in [0.2, 0.25) is 11.8 Å². The first kappa shape index (κ1) is 25.2. The van der Waals surface area contributed by atoms with E-state index in [1.807, 2.05) is 0 Å². The van der Waals surface area contributed by atoms with Crippen LogP contribution in [0.15, 0.2) is 42.9 Å². The lowest BCUT2D eigenvalue weighted by Crippen LogP contribution is -2.07. The van der Waals surface area contributed by atoms with Crippen LogP contribution in [-0.4, -0.2) is 51.0 Å². The highest BCUT2D eigenvalue weighted by Crippen LogP contribution is 2.45. The fourth-order valence-electron chi connectivity index (χ4n) is 3.85. The van der Waals surface area contributed by atoms with Gasteiger partial charge in [0.25, 0.3) is 5.88 Å². The monoisotopic (exact) mass is 528 g/mol. The highest BCUT2D eigenvalue weighted by atomic mass is 19.4. The lowest BCUT2D eigenvalue weighted by atomic mass is 10.1. The Morgan fingerprint density at radius 2 is 1.71 bits per heavy atom. The predicted molar refractivity (Wildman–Crippen MR) is 128 cm³/mol. The summed E-state index contributed by atoms with van der Waals surface area (Å²) in [5.41, 5.74) is 1.52. The molecule has 0 bridgehead atoms. The van der Waals surface area contributed by atoms with Crippen molar-refractivity contribution in [1.29, 1.82) is 0 Å². The van der Waals surface area contributed by atoms with Crippen molar-refractivity contribution >= 4 is 0 Å². The molecule has 1 aliphatic rings. The number of rotatable bonds is 9. The first-order valence-electron chi connectivity index (χ1n) is 11.6. The smallest absolute Gasteiger partial charge is 0.435 e. The summed E-state index contributed by atoms with van der Waals surface area (Å²) >= 11 is 0. The molecule has 5 rings (SSSR count). The van der Waals surface area contributed by atoms with Crippen molar-refractivity contribution in [3.63, 3.8) is 0 Å². The Bertz CT molecular complexity index is 1440. The van der Waals surface area contributed by atoms with Crippen molar-refractivity contribution in [1.82, 2.24) is 29.7 Å². The van der Waals surface area contributed by atoms with Crippen molar-refractivity contribution < 1.29 is 32.1 Å². The first-order valence-corrected chi connectivity index (χ1v) is 11.6. The molecule has 0 amide bonds. The first-order chi connectivity index (χ1) is 18.3. The summed E-state index contributed by atoms with van der Waals surface area (Å²) in [5, 5.41) is 3.63. The maximum absolute atomic E-state index is 13.1. The molecule has 10 nitrogen and oxygen atoms in total. The van der Waals surface area contributed by atoms with Gasteiger partial charge in [0.1, 0.15) is 18.5 Å². The SMILES string of the molecule is COc1cnc(-c2c(OC)ncnc2C2CC2)nc1OCc1ccc(-n2nc(C(F)(F)F)cc2OC)cc1. The van der Waals surface area contributed by atoms with Gasteiger partial charge < -0.3 is 18.9 Å². The molecule has 0 unspecified atom stereocenters. The third kappa shape index (κ3) is 5.04. The third-order valence-electron chi connectivity index (χ3n) is 5.90. The summed E-state index contributed by atoms with van der Waals surface area (Å²) in [5.74, 6) is 1.52. The average molecular weight is 528 g/mol. The number of nitrogens with zero attached hydrogens (tertiary/aromatic N) is 6. The fraction of sp³-hybridized carbons (Fsp3) is 0.320. The molecule has 1 aliphatic carbocycles. The standard InChI is InChI=1S/C25H23F3N6O4/c1-35-17-11-29-22(20-21(15-6-7-15)30-13-31-24(20)37-3)32-23(17)38-12-14-4-8-16(9-5-14)34-19(36-2)10-18(33-34)25(26,27)28/h4-5,8-11,13,15H,6-7,12H2,1-3H3. The highest BCUT2D eigenvalue weighted by molar-refractivity contribution is 5.66. The minimum atomic E-state index is -4.59. The molecule has 3 heterocycles. The summed E-state index contributed by atoms with van der Waals surface area (Å²) in [6.45, 7) is 0.106. The molecule has 0 atom stereocenters. The Kier molecular flexibility index (Phi) is 6.74. The van der Waals surface area contributed by atoms with Crippen LogP contribution in [0.4, 0.5) is 13.2 Å². The second-order valence-corrected chi connectivity index (χ2v) is 8.42. The Morgan fingerprint density at radius 3 is 2.34 bits per heavy atom. The van der Waals surface area contributed by atoms with Crippen LogP contribution in [0.25, 0.3) is 17.1 Å². The van der Waals surface area contributed by atoms with Gasteiger partial charge in [-0.05, 0) is 30.5 Å². The topological polar surface area (TPSA) is 106 Å². The quantitative estimate of drug-likeness (QED) is 0.308. The van der Waals surface area contributed by atoms with E-state index in [1.54, 1.807) is 24.3 Å². The van der Waals surface area contributed by atoms with Gasteiger partial charge in [-0.25, -0.2) is 19.6 Å². The van der Waals surface area contributed by atoms with Crippen LogP contribution < -0.4 is 18.9 Å². The second-order valence-electron chi connectivity index (χ2n) is 8.42. The van der Waals surface area contributed by atoms with E-state index in [-0.39, 0.29) is 18.4 Å². The summed E-state index contributed by atoms with van der Waals surface area (Å²) in [6, 6.07) is 7.49. The molecule has 0 spiro atoms. The van der Waals surface area contributed by atoms with Gasteiger partial charge in [0.05, 0.1) is 38.9 Å². The van der Waals surface area contributed by atoms with Gasteiger partial charge >= 0.3 is 6.18 Å². The van der Waals surface area contributed by atoms with Crippen molar-refractivity contribution in [2.75, 3.05) is 21.3 Å². The number of hydrogen-bond acceptors (Lipinski definition) is 9. The van der Waals surface area contributed by atoms with E-state index in [1.165, 1.54) is 33.9 Å². The van der Waals surface area contributed by atoms with Gasteiger partial charge in [0, 0.05) is 12.0 Å². The van der Waals surface area contributed by atoms with Gasteiger partial charge in [0.15, 0.2) is 17.3 Å². The molecule has 38 heavy (non-hydrogen) atoms. The Morgan fingerprint density at radius 1 is 0.947 bits per heavy atom. The molecule has 1 fully saturated rings. The zero-order valence-electron chi connectivity index (χ0n) is 20.7. The van der Waals surface area contributed by atoms with E-state index in [9.17, 15) is 13.2 Å². The Balaban J connectivity index is 1.38. The third-order valence-corrected chi connectivity index (χ3v) is 5.90. The molecule has 13 heteroatoms. The zero-order valence-corrected chi connectivity index (χ0v) is 20.7. The minimum absolute atomic E-state index is 0.0366. The van der Waals surface area contributed by atoms with E-state index < -0.39 is 11.9 Å². The molecule has 0 aliphatic heterocycles. The largest absolute Gasteiger partial charge is 0.490 e. The van der Waals surface area contributed by atoms with Crippen LogP contribution >= 0.6 is 0 Å². The summed E-state index contributed by atoms with van der Waals surface area (Å²) in [6.07, 6.45) is 0.418. The van der Waals surface area contributed by atoms with Crippen LogP contribution in [0.2, 0.25) is 0 Å². The zero-order chi connectivity index (χ0) is 26.9. The normalized spacial score (nSPS) is 13.3. The van der Waals surface area contributed by atoms with Gasteiger partial charge in [-0.2, -0.15) is 23.3 Å². The maximum Gasteiger partial charge on any atom is 0.435 e. The molecule has 3 aromatic heterocycles. The molecule has 0 saturated heterocycles. The molecular formula is C25H23F3N6O4. The van der Waals surface area contributed by atoms with Crippen molar-refractivity contribution in [3.8, 4) is 40.5 Å².